The Morgan fingerprint density at radius 2 is 2.06 bits per heavy atom. The normalized spacial score (nSPS) is 11.8. The van der Waals surface area contributed by atoms with Crippen LogP contribution in [0.25, 0.3) is 10.1 Å². The molecule has 0 aliphatic heterocycles. The minimum Gasteiger partial charge on any atom is -0.477 e. The molecule has 96 valence electrons. The Balaban J connectivity index is 2.49. The number of fused-ring (bicyclic) bond motifs is 1. The summed E-state index contributed by atoms with van der Waals surface area (Å²) in [5.41, 5.74) is 0. The van der Waals surface area contributed by atoms with Gasteiger partial charge in [0.1, 0.15) is 10.6 Å². The molecule has 0 fully saturated rings. The molecule has 0 aliphatic rings. The number of carbonyl (C=O) groups is 1. The topological polar surface area (TPSA) is 46.5 Å². The number of carboxylic acids is 1. The average molecular weight is 297 g/mol. The van der Waals surface area contributed by atoms with Crippen molar-refractivity contribution in [2.45, 2.75) is 6.36 Å². The van der Waals surface area contributed by atoms with E-state index in [-0.39, 0.29) is 9.90 Å². The highest BCUT2D eigenvalue weighted by atomic mass is 35.5. The molecule has 0 unspecified atom stereocenters. The average Bonchev–Trinajstić information content (AvgIpc) is 2.53. The molecule has 1 heterocycles. The summed E-state index contributed by atoms with van der Waals surface area (Å²) in [7, 11) is 0. The summed E-state index contributed by atoms with van der Waals surface area (Å²) in [6.45, 7) is 0. The number of benzene rings is 1. The second-order valence-electron chi connectivity index (χ2n) is 3.26. The van der Waals surface area contributed by atoms with Crippen LogP contribution in [0.4, 0.5) is 13.2 Å². The fourth-order valence-electron chi connectivity index (χ4n) is 1.38. The Morgan fingerprint density at radius 3 is 2.61 bits per heavy atom. The second-order valence-corrected chi connectivity index (χ2v) is 4.69. The van der Waals surface area contributed by atoms with Crippen LogP contribution in [0, 0.1) is 0 Å². The van der Waals surface area contributed by atoms with E-state index in [4.69, 9.17) is 16.7 Å². The quantitative estimate of drug-likeness (QED) is 0.905. The number of hydrogen-bond acceptors (Lipinski definition) is 3. The summed E-state index contributed by atoms with van der Waals surface area (Å²) >= 11 is 6.60. The lowest BCUT2D eigenvalue weighted by Gasteiger charge is -2.08. The molecule has 2 aromatic rings. The van der Waals surface area contributed by atoms with Crippen molar-refractivity contribution < 1.29 is 27.8 Å². The van der Waals surface area contributed by atoms with Crippen LogP contribution >= 0.6 is 22.9 Å². The number of halogens is 4. The van der Waals surface area contributed by atoms with Gasteiger partial charge in [0.05, 0.1) is 5.02 Å². The van der Waals surface area contributed by atoms with Gasteiger partial charge in [-0.05, 0) is 18.2 Å². The molecule has 0 amide bonds. The summed E-state index contributed by atoms with van der Waals surface area (Å²) in [6.07, 6.45) is -4.79. The van der Waals surface area contributed by atoms with Crippen molar-refractivity contribution in [2.24, 2.45) is 0 Å². The molecule has 0 aliphatic carbocycles. The molecule has 0 atom stereocenters. The molecule has 1 aromatic carbocycles. The predicted octanol–water partition coefficient (Wildman–Crippen LogP) is 4.15. The smallest absolute Gasteiger partial charge is 0.477 e. The van der Waals surface area contributed by atoms with Crippen molar-refractivity contribution in [1.29, 1.82) is 0 Å². The fraction of sp³-hybridized carbons (Fsp3) is 0.100. The summed E-state index contributed by atoms with van der Waals surface area (Å²) in [5, 5.41) is 9.23. The minimum atomic E-state index is -4.79. The molecule has 2 rings (SSSR count). The molecule has 0 saturated heterocycles. The van der Waals surface area contributed by atoms with Gasteiger partial charge in [-0.2, -0.15) is 0 Å². The van der Waals surface area contributed by atoms with Gasteiger partial charge in [-0.25, -0.2) is 4.79 Å². The van der Waals surface area contributed by atoms with E-state index in [2.05, 4.69) is 4.74 Å². The van der Waals surface area contributed by atoms with Gasteiger partial charge in [0.25, 0.3) is 0 Å². The number of aromatic carboxylic acids is 1. The van der Waals surface area contributed by atoms with Gasteiger partial charge < -0.3 is 9.84 Å². The van der Waals surface area contributed by atoms with Crippen molar-refractivity contribution in [3.05, 3.63) is 28.1 Å². The van der Waals surface area contributed by atoms with Gasteiger partial charge in [-0.3, -0.25) is 0 Å². The Hall–Kier alpha value is -1.47. The zero-order valence-electron chi connectivity index (χ0n) is 8.42. The van der Waals surface area contributed by atoms with Gasteiger partial charge in [0.15, 0.2) is 0 Å². The monoisotopic (exact) mass is 296 g/mol. The second kappa shape index (κ2) is 4.33. The highest BCUT2D eigenvalue weighted by molar-refractivity contribution is 7.21. The van der Waals surface area contributed by atoms with Gasteiger partial charge in [0.2, 0.25) is 0 Å². The maximum atomic E-state index is 12.0. The van der Waals surface area contributed by atoms with Crippen LogP contribution < -0.4 is 4.74 Å². The molecular formula is C10H4ClF3O3S. The molecular weight excluding hydrogens is 293 g/mol. The highest BCUT2D eigenvalue weighted by Crippen LogP contribution is 2.38. The molecule has 1 N–H and O–H groups in total. The zero-order valence-corrected chi connectivity index (χ0v) is 9.99. The van der Waals surface area contributed by atoms with Crippen LogP contribution in [-0.2, 0) is 0 Å². The Labute approximate surface area is 107 Å². The first-order valence-corrected chi connectivity index (χ1v) is 5.68. The van der Waals surface area contributed by atoms with Crippen LogP contribution in [-0.4, -0.2) is 17.4 Å². The maximum absolute atomic E-state index is 12.0. The van der Waals surface area contributed by atoms with Gasteiger partial charge in [-0.15, -0.1) is 24.5 Å². The number of ether oxygens (including phenoxy) is 1. The Morgan fingerprint density at radius 1 is 1.39 bits per heavy atom. The van der Waals surface area contributed by atoms with Gasteiger partial charge >= 0.3 is 12.3 Å². The fourth-order valence-corrected chi connectivity index (χ4v) is 2.76. The third kappa shape index (κ3) is 2.51. The first-order valence-electron chi connectivity index (χ1n) is 4.49. The van der Waals surface area contributed by atoms with Crippen molar-refractivity contribution >= 4 is 39.0 Å². The largest absolute Gasteiger partial charge is 0.573 e. The van der Waals surface area contributed by atoms with Crippen LogP contribution in [0.2, 0.25) is 5.02 Å². The predicted molar refractivity (Wildman–Crippen MR) is 60.5 cm³/mol. The summed E-state index contributed by atoms with van der Waals surface area (Å²) in [5.74, 6) is -1.63. The SMILES string of the molecule is O=C(O)c1sc2cc(OC(F)(F)F)ccc2c1Cl. The number of thiophene rings is 1. The van der Waals surface area contributed by atoms with Gasteiger partial charge in [-0.1, -0.05) is 11.6 Å². The van der Waals surface area contributed by atoms with Crippen molar-refractivity contribution in [2.75, 3.05) is 0 Å². The number of alkyl halides is 3. The lowest BCUT2D eigenvalue weighted by atomic mass is 10.2. The van der Waals surface area contributed by atoms with E-state index >= 15 is 0 Å². The molecule has 1 aromatic heterocycles. The van der Waals surface area contributed by atoms with Crippen LogP contribution in [0.1, 0.15) is 9.67 Å². The lowest BCUT2D eigenvalue weighted by molar-refractivity contribution is -0.274. The number of hydrogen-bond donors (Lipinski definition) is 1. The minimum absolute atomic E-state index is 0.0149. The molecule has 18 heavy (non-hydrogen) atoms. The van der Waals surface area contributed by atoms with Crippen LogP contribution in [0.15, 0.2) is 18.2 Å². The van der Waals surface area contributed by atoms with Crippen molar-refractivity contribution in [3.63, 3.8) is 0 Å². The highest BCUT2D eigenvalue weighted by Gasteiger charge is 2.31. The van der Waals surface area contributed by atoms with E-state index < -0.39 is 18.1 Å². The third-order valence-electron chi connectivity index (χ3n) is 2.03. The molecule has 0 saturated carbocycles. The van der Waals surface area contributed by atoms with Crippen molar-refractivity contribution in [3.8, 4) is 5.75 Å². The molecule has 0 radical (unpaired) electrons. The Kier molecular flexibility index (Phi) is 3.12. The van der Waals surface area contributed by atoms with E-state index in [9.17, 15) is 18.0 Å². The Bertz CT molecular complexity index is 621. The molecule has 0 spiro atoms. The van der Waals surface area contributed by atoms with E-state index in [1.165, 1.54) is 6.07 Å². The molecule has 3 nitrogen and oxygen atoms in total. The molecule has 0 bridgehead atoms. The standard InChI is InChI=1S/C10H4ClF3O3S/c11-7-5-2-1-4(17-10(12,13)14)3-6(5)18-8(7)9(15)16/h1-3H,(H,15,16). The summed E-state index contributed by atoms with van der Waals surface area (Å²) in [4.78, 5) is 10.7. The number of rotatable bonds is 2. The summed E-state index contributed by atoms with van der Waals surface area (Å²) < 4.78 is 40.1. The van der Waals surface area contributed by atoms with E-state index in [0.29, 0.717) is 10.1 Å². The van der Waals surface area contributed by atoms with Gasteiger partial charge in [0, 0.05) is 10.1 Å². The number of carboxylic acid groups (broad SMARTS) is 1. The lowest BCUT2D eigenvalue weighted by Crippen LogP contribution is -2.16. The third-order valence-corrected chi connectivity index (χ3v) is 3.67. The first kappa shape index (κ1) is 13.0. The van der Waals surface area contributed by atoms with E-state index in [1.54, 1.807) is 0 Å². The first-order chi connectivity index (χ1) is 8.28. The van der Waals surface area contributed by atoms with Crippen molar-refractivity contribution in [1.82, 2.24) is 0 Å². The van der Waals surface area contributed by atoms with Crippen LogP contribution in [0.5, 0.6) is 5.75 Å². The van der Waals surface area contributed by atoms with Crippen LogP contribution in [0.3, 0.4) is 0 Å². The van der Waals surface area contributed by atoms with E-state index in [1.807, 2.05) is 0 Å². The zero-order chi connectivity index (χ0) is 13.5. The summed E-state index contributed by atoms with van der Waals surface area (Å²) in [6, 6.07) is 3.48. The maximum Gasteiger partial charge on any atom is 0.573 e. The molecule has 8 heteroatoms. The van der Waals surface area contributed by atoms with E-state index in [0.717, 1.165) is 23.5 Å².